The van der Waals surface area contributed by atoms with Crippen LogP contribution in [0.5, 0.6) is 0 Å². The summed E-state index contributed by atoms with van der Waals surface area (Å²) in [4.78, 5) is 0. The zero-order valence-electron chi connectivity index (χ0n) is 14.6. The number of nitrogens with two attached hydrogens (primary N) is 1. The fourth-order valence-electron chi connectivity index (χ4n) is 3.06. The van der Waals surface area contributed by atoms with Crippen LogP contribution in [0, 0.1) is 11.3 Å². The van der Waals surface area contributed by atoms with E-state index in [1.165, 1.54) is 0 Å². The van der Waals surface area contributed by atoms with Gasteiger partial charge >= 0.3 is 0 Å². The third-order valence-electron chi connectivity index (χ3n) is 3.48. The summed E-state index contributed by atoms with van der Waals surface area (Å²) >= 11 is 0. The van der Waals surface area contributed by atoms with E-state index in [2.05, 4.69) is 69.3 Å². The third-order valence-corrected chi connectivity index (χ3v) is 3.48. The van der Waals surface area contributed by atoms with Crippen molar-refractivity contribution < 1.29 is 0 Å². The van der Waals surface area contributed by atoms with Gasteiger partial charge in [-0.3, -0.25) is 0 Å². The van der Waals surface area contributed by atoms with E-state index in [4.69, 9.17) is 5.73 Å². The second kappa shape index (κ2) is 6.83. The molecule has 6 nitrogen and oxygen atoms in total. The van der Waals surface area contributed by atoms with Crippen LogP contribution in [0.3, 0.4) is 0 Å². The molecule has 0 aliphatic carbocycles. The third kappa shape index (κ3) is 5.04. The molecule has 1 heterocycles. The van der Waals surface area contributed by atoms with E-state index < -0.39 is 0 Å². The maximum Gasteiger partial charge on any atom is 0.169 e. The lowest BCUT2D eigenvalue weighted by Crippen LogP contribution is -2.38. The van der Waals surface area contributed by atoms with Gasteiger partial charge in [-0.15, -0.1) is 5.10 Å². The van der Waals surface area contributed by atoms with Crippen LogP contribution in [-0.2, 0) is 5.54 Å². The fourth-order valence-corrected chi connectivity index (χ4v) is 3.06. The minimum absolute atomic E-state index is 0.114. The molecule has 1 aromatic rings. The van der Waals surface area contributed by atoms with Gasteiger partial charge in [0.15, 0.2) is 5.82 Å². The molecule has 0 spiro atoms. The Hall–Kier alpha value is -1.01. The molecule has 3 N–H and O–H groups in total. The van der Waals surface area contributed by atoms with Gasteiger partial charge in [-0.25, -0.2) is 4.68 Å². The van der Waals surface area contributed by atoms with Crippen molar-refractivity contribution in [1.29, 1.82) is 0 Å². The predicted molar refractivity (Wildman–Crippen MR) is 85.8 cm³/mol. The highest BCUT2D eigenvalue weighted by Gasteiger charge is 2.33. The molecule has 1 rings (SSSR count). The van der Waals surface area contributed by atoms with Crippen molar-refractivity contribution in [2.24, 2.45) is 17.1 Å². The molecule has 0 saturated carbocycles. The molecule has 0 radical (unpaired) electrons. The van der Waals surface area contributed by atoms with Crippen molar-refractivity contribution in [3.05, 3.63) is 5.82 Å². The molecule has 1 atom stereocenters. The number of nitrogens with zero attached hydrogens (tertiary/aromatic N) is 4. The van der Waals surface area contributed by atoms with Gasteiger partial charge in [-0.2, -0.15) is 0 Å². The first-order valence-electron chi connectivity index (χ1n) is 7.81. The Morgan fingerprint density at radius 3 is 2.29 bits per heavy atom. The number of tetrazole rings is 1. The summed E-state index contributed by atoms with van der Waals surface area (Å²) in [5.74, 6) is 1.29. The van der Waals surface area contributed by atoms with E-state index in [0.717, 1.165) is 18.8 Å². The summed E-state index contributed by atoms with van der Waals surface area (Å²) in [6.45, 7) is 16.8. The normalized spacial score (nSPS) is 14.7. The largest absolute Gasteiger partial charge is 0.329 e. The predicted octanol–water partition coefficient (Wildman–Crippen LogP) is 2.09. The van der Waals surface area contributed by atoms with Gasteiger partial charge in [-0.1, -0.05) is 34.6 Å². The molecule has 1 unspecified atom stereocenters. The zero-order valence-corrected chi connectivity index (χ0v) is 14.6. The van der Waals surface area contributed by atoms with E-state index in [-0.39, 0.29) is 17.0 Å². The Kier molecular flexibility index (Phi) is 5.87. The molecular weight excluding hydrogens is 264 g/mol. The molecular formula is C15H32N6. The smallest absolute Gasteiger partial charge is 0.169 e. The summed E-state index contributed by atoms with van der Waals surface area (Å²) in [5.41, 5.74) is 5.70. The van der Waals surface area contributed by atoms with Crippen LogP contribution in [0.2, 0.25) is 0 Å². The van der Waals surface area contributed by atoms with E-state index in [9.17, 15) is 0 Å². The van der Waals surface area contributed by atoms with Gasteiger partial charge < -0.3 is 11.1 Å². The number of nitrogens with one attached hydrogen (secondary N) is 1. The monoisotopic (exact) mass is 296 g/mol. The highest BCUT2D eigenvalue weighted by molar-refractivity contribution is 4.99. The Morgan fingerprint density at radius 1 is 1.19 bits per heavy atom. The Morgan fingerprint density at radius 2 is 1.81 bits per heavy atom. The lowest BCUT2D eigenvalue weighted by atomic mass is 9.81. The molecule has 0 aliphatic rings. The van der Waals surface area contributed by atoms with Gasteiger partial charge in [-0.05, 0) is 42.0 Å². The summed E-state index contributed by atoms with van der Waals surface area (Å²) in [6.07, 6.45) is 1.000. The van der Waals surface area contributed by atoms with E-state index in [1.807, 2.05) is 4.68 Å². The second-order valence-corrected chi connectivity index (χ2v) is 7.96. The average molecular weight is 296 g/mol. The Bertz CT molecular complexity index is 430. The summed E-state index contributed by atoms with van der Waals surface area (Å²) in [5, 5.41) is 15.9. The summed E-state index contributed by atoms with van der Waals surface area (Å²) < 4.78 is 1.98. The van der Waals surface area contributed by atoms with E-state index in [0.29, 0.717) is 12.5 Å². The van der Waals surface area contributed by atoms with Gasteiger partial charge in [0.1, 0.15) is 0 Å². The molecule has 0 aliphatic heterocycles. The maximum atomic E-state index is 5.62. The van der Waals surface area contributed by atoms with E-state index in [1.54, 1.807) is 0 Å². The number of aromatic nitrogens is 4. The Labute approximate surface area is 128 Å². The second-order valence-electron chi connectivity index (χ2n) is 7.96. The molecule has 122 valence electrons. The quantitative estimate of drug-likeness (QED) is 0.805. The number of hydrogen-bond acceptors (Lipinski definition) is 5. The van der Waals surface area contributed by atoms with Gasteiger partial charge in [0.2, 0.25) is 0 Å². The molecule has 21 heavy (non-hydrogen) atoms. The van der Waals surface area contributed by atoms with Crippen molar-refractivity contribution in [1.82, 2.24) is 25.5 Å². The topological polar surface area (TPSA) is 81.7 Å². The van der Waals surface area contributed by atoms with Crippen LogP contribution < -0.4 is 11.1 Å². The van der Waals surface area contributed by atoms with Crippen LogP contribution in [0.25, 0.3) is 0 Å². The summed E-state index contributed by atoms with van der Waals surface area (Å²) in [7, 11) is 0. The molecule has 0 fully saturated rings. The van der Waals surface area contributed by atoms with E-state index >= 15 is 0 Å². The highest BCUT2D eigenvalue weighted by Crippen LogP contribution is 2.33. The zero-order chi connectivity index (χ0) is 16.3. The fraction of sp³-hybridized carbons (Fsp3) is 0.933. The Balaban J connectivity index is 3.08. The van der Waals surface area contributed by atoms with Crippen LogP contribution >= 0.6 is 0 Å². The highest BCUT2D eigenvalue weighted by atomic mass is 15.6. The van der Waals surface area contributed by atoms with Crippen LogP contribution in [-0.4, -0.2) is 33.3 Å². The van der Waals surface area contributed by atoms with Gasteiger partial charge in [0.05, 0.1) is 11.6 Å². The van der Waals surface area contributed by atoms with Gasteiger partial charge in [0, 0.05) is 13.1 Å². The molecule has 1 aromatic heterocycles. The SMILES string of the molecule is CC(C)C(NCCN)c1nnnn1C(C)(C)CC(C)(C)C. The molecule has 0 aromatic carbocycles. The first-order chi connectivity index (χ1) is 9.58. The van der Waals surface area contributed by atoms with Crippen LogP contribution in [0.1, 0.15) is 66.8 Å². The molecule has 0 bridgehead atoms. The first kappa shape index (κ1) is 18.0. The van der Waals surface area contributed by atoms with Crippen molar-refractivity contribution in [3.63, 3.8) is 0 Å². The van der Waals surface area contributed by atoms with Crippen molar-refractivity contribution in [3.8, 4) is 0 Å². The number of hydrogen-bond donors (Lipinski definition) is 2. The van der Waals surface area contributed by atoms with Crippen molar-refractivity contribution >= 4 is 0 Å². The van der Waals surface area contributed by atoms with Crippen LogP contribution in [0.4, 0.5) is 0 Å². The lowest BCUT2D eigenvalue weighted by Gasteiger charge is -2.34. The van der Waals surface area contributed by atoms with Gasteiger partial charge in [0.25, 0.3) is 0 Å². The molecule has 0 saturated heterocycles. The summed E-state index contributed by atoms with van der Waals surface area (Å²) in [6, 6.07) is 0.114. The first-order valence-corrected chi connectivity index (χ1v) is 7.81. The van der Waals surface area contributed by atoms with Crippen molar-refractivity contribution in [2.75, 3.05) is 13.1 Å². The minimum atomic E-state index is -0.130. The lowest BCUT2D eigenvalue weighted by molar-refractivity contribution is 0.183. The number of rotatable bonds is 7. The molecule has 0 amide bonds. The van der Waals surface area contributed by atoms with Crippen molar-refractivity contribution in [2.45, 2.75) is 66.5 Å². The minimum Gasteiger partial charge on any atom is -0.329 e. The standard InChI is InChI=1S/C15H32N6/c1-11(2)12(17-9-8-16)13-18-19-20-21(13)15(6,7)10-14(3,4)5/h11-12,17H,8-10,16H2,1-7H3. The maximum absolute atomic E-state index is 5.62. The molecule has 6 heteroatoms. The average Bonchev–Trinajstić information content (AvgIpc) is 2.75. The van der Waals surface area contributed by atoms with Crippen LogP contribution in [0.15, 0.2) is 0 Å².